The molecule has 0 spiro atoms. The van der Waals surface area contributed by atoms with E-state index in [-0.39, 0.29) is 29.6 Å². The minimum atomic E-state index is -1.19. The van der Waals surface area contributed by atoms with E-state index < -0.39 is 11.7 Å². The fourth-order valence-electron chi connectivity index (χ4n) is 6.04. The van der Waals surface area contributed by atoms with Crippen molar-refractivity contribution in [3.8, 4) is 11.1 Å². The van der Waals surface area contributed by atoms with E-state index in [1.165, 1.54) is 12.1 Å². The van der Waals surface area contributed by atoms with Gasteiger partial charge in [0, 0.05) is 44.7 Å². The topological polar surface area (TPSA) is 96.0 Å². The van der Waals surface area contributed by atoms with Crippen LogP contribution in [0, 0.1) is 17.7 Å². The number of ether oxygens (including phenoxy) is 1. The Morgan fingerprint density at radius 1 is 1.19 bits per heavy atom. The summed E-state index contributed by atoms with van der Waals surface area (Å²) in [4.78, 5) is 15.2. The summed E-state index contributed by atoms with van der Waals surface area (Å²) in [6.07, 6.45) is 3.91. The number of amides is 1. The van der Waals surface area contributed by atoms with Gasteiger partial charge in [-0.2, -0.15) is 0 Å². The number of carbonyl (C=O) groups is 1. The Bertz CT molecular complexity index is 1020. The number of aliphatic hydroxyl groups excluding tert-OH is 1. The van der Waals surface area contributed by atoms with Crippen molar-refractivity contribution < 1.29 is 24.1 Å². The lowest BCUT2D eigenvalue weighted by molar-refractivity contribution is -0.141. The summed E-state index contributed by atoms with van der Waals surface area (Å²) in [6.45, 7) is 1.70. The highest BCUT2D eigenvalue weighted by Crippen LogP contribution is 2.44. The molecule has 5 atom stereocenters. The average Bonchev–Trinajstić information content (AvgIpc) is 3.24. The minimum Gasteiger partial charge on any atom is -0.391 e. The number of aliphatic hydroxyl groups is 2. The lowest BCUT2D eigenvalue weighted by Gasteiger charge is -2.44. The monoisotopic (exact) mass is 498 g/mol. The molecule has 2 fully saturated rings. The highest BCUT2D eigenvalue weighted by Gasteiger charge is 2.44. The van der Waals surface area contributed by atoms with Gasteiger partial charge in [-0.1, -0.05) is 36.4 Å². The van der Waals surface area contributed by atoms with Crippen molar-refractivity contribution in [1.82, 2.24) is 4.90 Å². The zero-order chi connectivity index (χ0) is 25.7. The van der Waals surface area contributed by atoms with E-state index >= 15 is 0 Å². The lowest BCUT2D eigenvalue weighted by Crippen LogP contribution is -2.49. The Morgan fingerprint density at radius 3 is 2.72 bits per heavy atom. The summed E-state index contributed by atoms with van der Waals surface area (Å²) in [5.41, 5.74) is 7.07. The fraction of sp³-hybridized carbons (Fsp3) is 0.552. The number of halogens is 1. The van der Waals surface area contributed by atoms with Crippen LogP contribution in [0.4, 0.5) is 4.39 Å². The lowest BCUT2D eigenvalue weighted by atomic mass is 9.72. The fourth-order valence-corrected chi connectivity index (χ4v) is 6.04. The van der Waals surface area contributed by atoms with Crippen LogP contribution < -0.4 is 5.73 Å². The molecule has 2 aliphatic rings. The molecule has 2 aromatic rings. The van der Waals surface area contributed by atoms with Crippen molar-refractivity contribution in [1.29, 1.82) is 0 Å². The summed E-state index contributed by atoms with van der Waals surface area (Å²) in [5.74, 6) is -0.750. The van der Waals surface area contributed by atoms with Crippen LogP contribution in [0.1, 0.15) is 50.5 Å². The number of nitrogens with zero attached hydrogens (tertiary/aromatic N) is 1. The smallest absolute Gasteiger partial charge is 0.225 e. The molecule has 6 nitrogen and oxygen atoms in total. The van der Waals surface area contributed by atoms with Gasteiger partial charge in [0.2, 0.25) is 5.91 Å². The van der Waals surface area contributed by atoms with Crippen molar-refractivity contribution >= 4 is 5.91 Å². The third-order valence-corrected chi connectivity index (χ3v) is 8.02. The third kappa shape index (κ3) is 5.80. The van der Waals surface area contributed by atoms with E-state index in [9.17, 15) is 19.4 Å². The number of nitrogens with two attached hydrogens (primary N) is 1. The van der Waals surface area contributed by atoms with Crippen molar-refractivity contribution in [2.24, 2.45) is 17.6 Å². The van der Waals surface area contributed by atoms with E-state index in [0.717, 1.165) is 42.4 Å². The maximum atomic E-state index is 14.1. The van der Waals surface area contributed by atoms with Gasteiger partial charge in [0.25, 0.3) is 0 Å². The van der Waals surface area contributed by atoms with Crippen LogP contribution in [0.25, 0.3) is 11.1 Å². The molecule has 0 bridgehead atoms. The largest absolute Gasteiger partial charge is 0.391 e. The second-order valence-corrected chi connectivity index (χ2v) is 10.5. The Morgan fingerprint density at radius 2 is 2.00 bits per heavy atom. The number of hydrogen-bond donors (Lipinski definition) is 3. The van der Waals surface area contributed by atoms with Gasteiger partial charge in [0.15, 0.2) is 0 Å². The van der Waals surface area contributed by atoms with Crippen molar-refractivity contribution in [2.75, 3.05) is 26.8 Å². The number of unbranched alkanes of at least 4 members (excludes halogenated alkanes) is 1. The number of rotatable bonds is 9. The second-order valence-electron chi connectivity index (χ2n) is 10.5. The van der Waals surface area contributed by atoms with E-state index in [0.29, 0.717) is 39.0 Å². The number of hydrogen-bond acceptors (Lipinski definition) is 5. The quantitative estimate of drug-likeness (QED) is 0.457. The van der Waals surface area contributed by atoms with Gasteiger partial charge in [0.05, 0.1) is 11.7 Å². The zero-order valence-corrected chi connectivity index (χ0v) is 21.1. The van der Waals surface area contributed by atoms with Crippen molar-refractivity contribution in [2.45, 2.75) is 62.7 Å². The van der Waals surface area contributed by atoms with Crippen LogP contribution in [0.2, 0.25) is 0 Å². The summed E-state index contributed by atoms with van der Waals surface area (Å²) < 4.78 is 19.3. The molecular weight excluding hydrogens is 459 g/mol. The molecule has 4 N–H and O–H groups in total. The van der Waals surface area contributed by atoms with Crippen molar-refractivity contribution in [3.63, 3.8) is 0 Å². The summed E-state index contributed by atoms with van der Waals surface area (Å²) >= 11 is 0. The Hall–Kier alpha value is -2.32. The first-order chi connectivity index (χ1) is 17.3. The molecule has 0 aromatic heterocycles. The molecule has 0 radical (unpaired) electrons. The van der Waals surface area contributed by atoms with Gasteiger partial charge in [-0.25, -0.2) is 4.39 Å². The predicted octanol–water partition coefficient (Wildman–Crippen LogP) is 3.83. The number of carbonyl (C=O) groups excluding carboxylic acids is 1. The Balaban J connectivity index is 1.64. The van der Waals surface area contributed by atoms with E-state index in [1.54, 1.807) is 13.2 Å². The van der Waals surface area contributed by atoms with Gasteiger partial charge in [0.1, 0.15) is 5.82 Å². The number of methoxy groups -OCH3 is 1. The highest BCUT2D eigenvalue weighted by atomic mass is 19.1. The van der Waals surface area contributed by atoms with E-state index in [1.807, 2.05) is 35.2 Å². The number of piperidine rings is 1. The van der Waals surface area contributed by atoms with Gasteiger partial charge < -0.3 is 25.6 Å². The van der Waals surface area contributed by atoms with Crippen LogP contribution in [-0.2, 0) is 15.1 Å². The number of likely N-dealkylation sites (tertiary alicyclic amines) is 1. The summed E-state index contributed by atoms with van der Waals surface area (Å²) in [7, 11) is 1.67. The Kier molecular flexibility index (Phi) is 8.78. The maximum Gasteiger partial charge on any atom is 0.225 e. The second kappa shape index (κ2) is 11.8. The van der Waals surface area contributed by atoms with Gasteiger partial charge in [-0.15, -0.1) is 0 Å². The van der Waals surface area contributed by atoms with E-state index in [2.05, 4.69) is 0 Å². The molecule has 1 heterocycles. The van der Waals surface area contributed by atoms with Crippen LogP contribution in [0.5, 0.6) is 0 Å². The minimum absolute atomic E-state index is 0.0202. The molecule has 36 heavy (non-hydrogen) atoms. The number of benzene rings is 2. The normalized spacial score (nSPS) is 26.1. The molecular formula is C29H39FN2O4. The van der Waals surface area contributed by atoms with Crippen LogP contribution in [0.3, 0.4) is 0 Å². The van der Waals surface area contributed by atoms with Gasteiger partial charge >= 0.3 is 0 Å². The molecule has 7 heteroatoms. The molecule has 2 aromatic carbocycles. The average molecular weight is 499 g/mol. The molecule has 5 unspecified atom stereocenters. The van der Waals surface area contributed by atoms with E-state index in [4.69, 9.17) is 10.5 Å². The highest BCUT2D eigenvalue weighted by molar-refractivity contribution is 5.79. The predicted molar refractivity (Wildman–Crippen MR) is 137 cm³/mol. The standard InChI is InChI=1S/C29H39FN2O4/c1-36-15-5-4-13-29(35,25-12-3-2-11-24(25)20-8-6-10-23(30)16-20)22-9-7-14-32(19-22)28(34)21-17-26(31)27(33)18-21/h2-3,6,8,10-12,16,21-22,26-27,33,35H,4-5,7,9,13-15,17-19,31H2,1H3. The van der Waals surface area contributed by atoms with Gasteiger partial charge in [-0.3, -0.25) is 4.79 Å². The first-order valence-corrected chi connectivity index (χ1v) is 13.1. The molecule has 196 valence electrons. The molecule has 4 rings (SSSR count). The van der Waals surface area contributed by atoms with Crippen LogP contribution in [0.15, 0.2) is 48.5 Å². The first kappa shape index (κ1) is 26.7. The SMILES string of the molecule is COCCCCC(O)(c1ccccc1-c1cccc(F)c1)C1CCCN(C(=O)C2CC(N)C(O)C2)C1. The summed E-state index contributed by atoms with van der Waals surface area (Å²) in [6, 6.07) is 13.8. The van der Waals surface area contributed by atoms with Crippen LogP contribution in [-0.4, -0.2) is 60.0 Å². The Labute approximate surface area is 213 Å². The molecule has 1 aliphatic carbocycles. The third-order valence-electron chi connectivity index (χ3n) is 8.02. The molecule has 1 amide bonds. The summed E-state index contributed by atoms with van der Waals surface area (Å²) in [5, 5.41) is 22.5. The van der Waals surface area contributed by atoms with Crippen LogP contribution >= 0.6 is 0 Å². The van der Waals surface area contributed by atoms with Crippen molar-refractivity contribution in [3.05, 3.63) is 59.9 Å². The molecule has 1 saturated carbocycles. The van der Waals surface area contributed by atoms with Gasteiger partial charge in [-0.05, 0) is 73.8 Å². The molecule has 1 aliphatic heterocycles. The maximum absolute atomic E-state index is 14.1. The zero-order valence-electron chi connectivity index (χ0n) is 21.1. The molecule has 1 saturated heterocycles. The first-order valence-electron chi connectivity index (χ1n) is 13.1.